The van der Waals surface area contributed by atoms with Gasteiger partial charge in [0.2, 0.25) is 5.79 Å². The molecular weight excluding hydrogens is 234 g/mol. The largest absolute Gasteiger partial charge is 0.409 e. The van der Waals surface area contributed by atoms with Gasteiger partial charge >= 0.3 is 0 Å². The molecule has 0 aromatic carbocycles. The first-order chi connectivity index (χ1) is 8.77. The summed E-state index contributed by atoms with van der Waals surface area (Å²) in [5, 5.41) is 11.6. The van der Waals surface area contributed by atoms with Crippen LogP contribution in [0.5, 0.6) is 0 Å². The molecule has 0 amide bonds. The lowest BCUT2D eigenvalue weighted by atomic mass is 10.0. The van der Waals surface area contributed by atoms with Crippen LogP contribution < -0.4 is 5.48 Å². The minimum atomic E-state index is -0.911. The highest BCUT2D eigenvalue weighted by molar-refractivity contribution is 5.77. The molecule has 1 aromatic heterocycles. The Bertz CT molecular complexity index is 402. The van der Waals surface area contributed by atoms with E-state index >= 15 is 0 Å². The monoisotopic (exact) mass is 251 g/mol. The van der Waals surface area contributed by atoms with Crippen LogP contribution in [0.3, 0.4) is 0 Å². The molecule has 1 aliphatic rings. The van der Waals surface area contributed by atoms with Gasteiger partial charge < -0.3 is 9.94 Å². The Labute approximate surface area is 106 Å². The van der Waals surface area contributed by atoms with E-state index < -0.39 is 5.79 Å². The summed E-state index contributed by atoms with van der Waals surface area (Å²) >= 11 is 0. The van der Waals surface area contributed by atoms with Gasteiger partial charge in [-0.25, -0.2) is 10.3 Å². The SMILES string of the molecule is CC(=NO)NOC1(c2ccccn2)CCCCO1. The number of aromatic nitrogens is 1. The van der Waals surface area contributed by atoms with Crippen molar-refractivity contribution in [3.63, 3.8) is 0 Å². The van der Waals surface area contributed by atoms with Crippen LogP contribution in [0.15, 0.2) is 29.6 Å². The minimum Gasteiger partial charge on any atom is -0.409 e. The fourth-order valence-electron chi connectivity index (χ4n) is 1.87. The smallest absolute Gasteiger partial charge is 0.237 e. The van der Waals surface area contributed by atoms with Crippen molar-refractivity contribution in [3.05, 3.63) is 30.1 Å². The molecule has 18 heavy (non-hydrogen) atoms. The maximum atomic E-state index is 8.61. The highest BCUT2D eigenvalue weighted by Gasteiger charge is 2.38. The van der Waals surface area contributed by atoms with E-state index in [1.165, 1.54) is 0 Å². The lowest BCUT2D eigenvalue weighted by Crippen LogP contribution is -2.42. The first-order valence-corrected chi connectivity index (χ1v) is 5.95. The Morgan fingerprint density at radius 1 is 1.56 bits per heavy atom. The summed E-state index contributed by atoms with van der Waals surface area (Å²) in [6, 6.07) is 5.59. The van der Waals surface area contributed by atoms with Crippen LogP contribution in [0.4, 0.5) is 0 Å². The van der Waals surface area contributed by atoms with Gasteiger partial charge in [-0.2, -0.15) is 0 Å². The molecule has 1 aromatic rings. The summed E-state index contributed by atoms with van der Waals surface area (Å²) in [6.45, 7) is 2.21. The number of nitrogens with zero attached hydrogens (tertiary/aromatic N) is 2. The fourth-order valence-corrected chi connectivity index (χ4v) is 1.87. The number of oxime groups is 1. The molecule has 1 atom stereocenters. The number of rotatable bonds is 3. The second-order valence-electron chi connectivity index (χ2n) is 4.16. The molecule has 0 aliphatic carbocycles. The van der Waals surface area contributed by atoms with Gasteiger partial charge in [-0.3, -0.25) is 4.98 Å². The average Bonchev–Trinajstić information content (AvgIpc) is 2.46. The molecule has 1 saturated heterocycles. The van der Waals surface area contributed by atoms with E-state index in [9.17, 15) is 0 Å². The van der Waals surface area contributed by atoms with E-state index in [0.29, 0.717) is 18.7 Å². The van der Waals surface area contributed by atoms with Gasteiger partial charge in [0.25, 0.3) is 0 Å². The lowest BCUT2D eigenvalue weighted by Gasteiger charge is -2.35. The highest BCUT2D eigenvalue weighted by Crippen LogP contribution is 2.34. The molecule has 1 aliphatic heterocycles. The summed E-state index contributed by atoms with van der Waals surface area (Å²) < 4.78 is 5.76. The lowest BCUT2D eigenvalue weighted by molar-refractivity contribution is -0.285. The normalized spacial score (nSPS) is 24.8. The van der Waals surface area contributed by atoms with Gasteiger partial charge in [-0.1, -0.05) is 11.2 Å². The predicted molar refractivity (Wildman–Crippen MR) is 64.8 cm³/mol. The molecule has 0 radical (unpaired) electrons. The first-order valence-electron chi connectivity index (χ1n) is 5.95. The van der Waals surface area contributed by atoms with Gasteiger partial charge in [0.1, 0.15) is 5.69 Å². The van der Waals surface area contributed by atoms with Crippen LogP contribution in [-0.4, -0.2) is 22.6 Å². The third-order valence-electron chi connectivity index (χ3n) is 2.80. The number of pyridine rings is 1. The van der Waals surface area contributed by atoms with Crippen molar-refractivity contribution >= 4 is 5.84 Å². The van der Waals surface area contributed by atoms with Gasteiger partial charge in [0, 0.05) is 12.6 Å². The van der Waals surface area contributed by atoms with E-state index in [2.05, 4.69) is 15.6 Å². The molecule has 1 unspecified atom stereocenters. The van der Waals surface area contributed by atoms with E-state index in [1.807, 2.05) is 18.2 Å². The predicted octanol–water partition coefficient (Wildman–Crippen LogP) is 1.76. The number of hydrogen-bond donors (Lipinski definition) is 2. The van der Waals surface area contributed by atoms with E-state index in [4.69, 9.17) is 14.8 Å². The van der Waals surface area contributed by atoms with Crippen LogP contribution >= 0.6 is 0 Å². The molecule has 98 valence electrons. The fraction of sp³-hybridized carbons (Fsp3) is 0.500. The number of hydroxylamine groups is 1. The Morgan fingerprint density at radius 3 is 3.06 bits per heavy atom. The van der Waals surface area contributed by atoms with Crippen molar-refractivity contribution in [2.45, 2.75) is 32.0 Å². The molecule has 1 fully saturated rings. The summed E-state index contributed by atoms with van der Waals surface area (Å²) in [7, 11) is 0. The molecule has 0 spiro atoms. The third-order valence-corrected chi connectivity index (χ3v) is 2.80. The summed E-state index contributed by atoms with van der Waals surface area (Å²) in [5.41, 5.74) is 3.29. The molecular formula is C12H17N3O3. The molecule has 6 heteroatoms. The van der Waals surface area contributed by atoms with Crippen molar-refractivity contribution in [2.24, 2.45) is 5.16 Å². The summed E-state index contributed by atoms with van der Waals surface area (Å²) in [6.07, 6.45) is 4.40. The average molecular weight is 251 g/mol. The Kier molecular flexibility index (Phi) is 4.11. The number of nitrogens with one attached hydrogen (secondary N) is 1. The van der Waals surface area contributed by atoms with Crippen molar-refractivity contribution < 1.29 is 14.8 Å². The van der Waals surface area contributed by atoms with E-state index in [0.717, 1.165) is 12.8 Å². The van der Waals surface area contributed by atoms with Gasteiger partial charge in [0.15, 0.2) is 5.84 Å². The van der Waals surface area contributed by atoms with Gasteiger partial charge in [0.05, 0.1) is 6.61 Å². The van der Waals surface area contributed by atoms with Gasteiger partial charge in [-0.05, 0) is 31.9 Å². The quantitative estimate of drug-likeness (QED) is 0.370. The van der Waals surface area contributed by atoms with Crippen LogP contribution in [0.2, 0.25) is 0 Å². The molecule has 0 bridgehead atoms. The molecule has 0 saturated carbocycles. The Morgan fingerprint density at radius 2 is 2.44 bits per heavy atom. The van der Waals surface area contributed by atoms with E-state index in [1.54, 1.807) is 13.1 Å². The van der Waals surface area contributed by atoms with E-state index in [-0.39, 0.29) is 5.84 Å². The third kappa shape index (κ3) is 2.77. The highest BCUT2D eigenvalue weighted by atomic mass is 16.8. The number of amidine groups is 1. The molecule has 2 rings (SSSR count). The standard InChI is InChI=1S/C12H17N3O3/c1-10(14-16)15-18-12(7-3-5-9-17-12)11-6-2-4-8-13-11/h2,4,6,8,16H,3,5,7,9H2,1H3,(H,14,15). The maximum Gasteiger partial charge on any atom is 0.237 e. The minimum absolute atomic E-state index is 0.263. The molecule has 6 nitrogen and oxygen atoms in total. The summed E-state index contributed by atoms with van der Waals surface area (Å²) in [5.74, 6) is -0.648. The van der Waals surface area contributed by atoms with Crippen LogP contribution in [0.1, 0.15) is 31.9 Å². The zero-order chi connectivity index (χ0) is 12.8. The Hall–Kier alpha value is -1.66. The maximum absolute atomic E-state index is 8.61. The van der Waals surface area contributed by atoms with Crippen LogP contribution in [0.25, 0.3) is 0 Å². The Balaban J connectivity index is 2.18. The van der Waals surface area contributed by atoms with Crippen molar-refractivity contribution in [2.75, 3.05) is 6.61 Å². The topological polar surface area (TPSA) is 76.0 Å². The molecule has 2 heterocycles. The van der Waals surface area contributed by atoms with Crippen molar-refractivity contribution in [1.29, 1.82) is 0 Å². The second kappa shape index (κ2) is 5.79. The zero-order valence-electron chi connectivity index (χ0n) is 10.3. The number of ether oxygens (including phenoxy) is 1. The first kappa shape index (κ1) is 12.8. The number of hydrogen-bond acceptors (Lipinski definition) is 5. The zero-order valence-corrected chi connectivity index (χ0v) is 10.3. The molecule has 2 N–H and O–H groups in total. The van der Waals surface area contributed by atoms with Crippen LogP contribution in [-0.2, 0) is 15.4 Å². The van der Waals surface area contributed by atoms with Crippen molar-refractivity contribution in [1.82, 2.24) is 10.5 Å². The van der Waals surface area contributed by atoms with Gasteiger partial charge in [-0.15, -0.1) is 0 Å². The van der Waals surface area contributed by atoms with Crippen LogP contribution in [0, 0.1) is 0 Å². The second-order valence-corrected chi connectivity index (χ2v) is 4.16. The van der Waals surface area contributed by atoms with Crippen molar-refractivity contribution in [3.8, 4) is 0 Å². The summed E-state index contributed by atoms with van der Waals surface area (Å²) in [4.78, 5) is 9.87.